The largest absolute Gasteiger partial charge is 0.354 e. The lowest BCUT2D eigenvalue weighted by molar-refractivity contribution is 0.0934. The molecule has 0 aliphatic heterocycles. The van der Waals surface area contributed by atoms with Gasteiger partial charge < -0.3 is 10.3 Å². The van der Waals surface area contributed by atoms with Gasteiger partial charge in [-0.15, -0.1) is 0 Å². The zero-order chi connectivity index (χ0) is 14.7. The fourth-order valence-corrected chi connectivity index (χ4v) is 2.05. The maximum absolute atomic E-state index is 12.0. The lowest BCUT2D eigenvalue weighted by Gasteiger charge is -2.12. The van der Waals surface area contributed by atoms with Crippen molar-refractivity contribution >= 4 is 5.91 Å². The third kappa shape index (κ3) is 3.57. The van der Waals surface area contributed by atoms with E-state index in [4.69, 9.17) is 0 Å². The van der Waals surface area contributed by atoms with Crippen LogP contribution in [0.15, 0.2) is 23.0 Å². The third-order valence-corrected chi connectivity index (χ3v) is 2.87. The Morgan fingerprint density at radius 3 is 2.65 bits per heavy atom. The number of aromatic nitrogens is 3. The monoisotopic (exact) mass is 274 g/mol. The van der Waals surface area contributed by atoms with Gasteiger partial charge in [-0.25, -0.2) is 0 Å². The van der Waals surface area contributed by atoms with E-state index in [0.717, 1.165) is 11.4 Å². The van der Waals surface area contributed by atoms with E-state index in [1.807, 2.05) is 19.9 Å². The van der Waals surface area contributed by atoms with E-state index >= 15 is 0 Å². The summed E-state index contributed by atoms with van der Waals surface area (Å²) in [6.45, 7) is 5.57. The Kier molecular flexibility index (Phi) is 4.02. The van der Waals surface area contributed by atoms with Crippen LogP contribution in [0.3, 0.4) is 0 Å². The molecule has 1 atom stereocenters. The standard InChI is InChI=1S/C14H18N4O2/c1-8(4-11-5-10(3)17-18-11)16-14(20)13-7-12(19)6-9(2)15-13/h5-8H,4H2,1-3H3,(H,15,19)(H,16,20)(H,17,18). The second-order valence-corrected chi connectivity index (χ2v) is 5.03. The Morgan fingerprint density at radius 1 is 1.30 bits per heavy atom. The van der Waals surface area contributed by atoms with E-state index < -0.39 is 0 Å². The number of aryl methyl sites for hydroxylation is 2. The lowest BCUT2D eigenvalue weighted by atomic mass is 10.1. The van der Waals surface area contributed by atoms with Crippen LogP contribution in [0, 0.1) is 13.8 Å². The Balaban J connectivity index is 2.01. The van der Waals surface area contributed by atoms with Crippen molar-refractivity contribution in [3.63, 3.8) is 0 Å². The molecule has 0 aromatic carbocycles. The summed E-state index contributed by atoms with van der Waals surface area (Å²) < 4.78 is 0. The van der Waals surface area contributed by atoms with E-state index in [1.54, 1.807) is 6.92 Å². The van der Waals surface area contributed by atoms with Crippen LogP contribution >= 0.6 is 0 Å². The fourth-order valence-electron chi connectivity index (χ4n) is 2.05. The number of amides is 1. The molecule has 6 heteroatoms. The van der Waals surface area contributed by atoms with Crippen molar-refractivity contribution in [1.82, 2.24) is 20.5 Å². The number of hydrogen-bond donors (Lipinski definition) is 3. The smallest absolute Gasteiger partial charge is 0.268 e. The molecular formula is C14H18N4O2. The number of pyridine rings is 1. The van der Waals surface area contributed by atoms with Crippen LogP contribution in [0.5, 0.6) is 0 Å². The van der Waals surface area contributed by atoms with Gasteiger partial charge in [-0.05, 0) is 26.8 Å². The molecule has 0 aliphatic rings. The second-order valence-electron chi connectivity index (χ2n) is 5.03. The van der Waals surface area contributed by atoms with Crippen LogP contribution in [0.25, 0.3) is 0 Å². The highest BCUT2D eigenvalue weighted by Crippen LogP contribution is 2.03. The lowest BCUT2D eigenvalue weighted by Crippen LogP contribution is -2.35. The van der Waals surface area contributed by atoms with Gasteiger partial charge >= 0.3 is 0 Å². The molecule has 0 aliphatic carbocycles. The molecule has 6 nitrogen and oxygen atoms in total. The van der Waals surface area contributed by atoms with Crippen molar-refractivity contribution in [2.24, 2.45) is 0 Å². The van der Waals surface area contributed by atoms with Gasteiger partial charge in [0.2, 0.25) is 0 Å². The number of carbonyl (C=O) groups is 1. The second kappa shape index (κ2) is 5.73. The van der Waals surface area contributed by atoms with Crippen LogP contribution in [0.1, 0.15) is 34.5 Å². The fraction of sp³-hybridized carbons (Fsp3) is 0.357. The number of H-pyrrole nitrogens is 2. The summed E-state index contributed by atoms with van der Waals surface area (Å²) in [4.78, 5) is 26.3. The minimum atomic E-state index is -0.287. The van der Waals surface area contributed by atoms with E-state index in [2.05, 4.69) is 20.5 Å². The van der Waals surface area contributed by atoms with Crippen LogP contribution in [-0.4, -0.2) is 27.1 Å². The van der Waals surface area contributed by atoms with Crippen LogP contribution in [-0.2, 0) is 6.42 Å². The zero-order valence-electron chi connectivity index (χ0n) is 11.8. The molecule has 0 saturated heterocycles. The zero-order valence-corrected chi connectivity index (χ0v) is 11.8. The average Bonchev–Trinajstić information content (AvgIpc) is 2.73. The van der Waals surface area contributed by atoms with Gasteiger partial charge in [-0.3, -0.25) is 14.7 Å². The number of nitrogens with zero attached hydrogens (tertiary/aromatic N) is 1. The van der Waals surface area contributed by atoms with E-state index in [-0.39, 0.29) is 23.1 Å². The van der Waals surface area contributed by atoms with Crippen molar-refractivity contribution in [3.8, 4) is 0 Å². The summed E-state index contributed by atoms with van der Waals surface area (Å²) in [7, 11) is 0. The molecule has 0 radical (unpaired) electrons. The molecule has 0 bridgehead atoms. The maximum atomic E-state index is 12.0. The molecular weight excluding hydrogens is 256 g/mol. The topological polar surface area (TPSA) is 90.6 Å². The van der Waals surface area contributed by atoms with Crippen molar-refractivity contribution in [2.45, 2.75) is 33.2 Å². The average molecular weight is 274 g/mol. The van der Waals surface area contributed by atoms with Crippen molar-refractivity contribution < 1.29 is 4.79 Å². The Labute approximate surface area is 116 Å². The highest BCUT2D eigenvalue weighted by molar-refractivity contribution is 5.92. The SMILES string of the molecule is Cc1cc(CC(C)NC(=O)c2cc(=O)cc(C)[nH]2)n[nH]1. The molecule has 2 aromatic rings. The molecule has 0 fully saturated rings. The summed E-state index contributed by atoms with van der Waals surface area (Å²) in [6.07, 6.45) is 0.631. The maximum Gasteiger partial charge on any atom is 0.268 e. The van der Waals surface area contributed by atoms with Gasteiger partial charge in [0.1, 0.15) is 5.69 Å². The summed E-state index contributed by atoms with van der Waals surface area (Å²) in [5, 5.41) is 9.84. The van der Waals surface area contributed by atoms with Gasteiger partial charge in [-0.2, -0.15) is 5.10 Å². The normalized spacial score (nSPS) is 12.2. The predicted octanol–water partition coefficient (Wildman–Crippen LogP) is 1.08. The molecule has 106 valence electrons. The molecule has 0 saturated carbocycles. The number of carbonyl (C=O) groups excluding carboxylic acids is 1. The van der Waals surface area contributed by atoms with E-state index in [9.17, 15) is 9.59 Å². The molecule has 1 unspecified atom stereocenters. The van der Waals surface area contributed by atoms with Gasteiger partial charge in [0.25, 0.3) is 5.91 Å². The molecule has 20 heavy (non-hydrogen) atoms. The van der Waals surface area contributed by atoms with Gasteiger partial charge in [0.15, 0.2) is 5.43 Å². The van der Waals surface area contributed by atoms with Crippen molar-refractivity contribution in [1.29, 1.82) is 0 Å². The minimum Gasteiger partial charge on any atom is -0.354 e. The minimum absolute atomic E-state index is 0.0748. The quantitative estimate of drug-likeness (QED) is 0.779. The Bertz CT molecular complexity index is 672. The van der Waals surface area contributed by atoms with Gasteiger partial charge in [0, 0.05) is 36.0 Å². The number of rotatable bonds is 4. The summed E-state index contributed by atoms with van der Waals surface area (Å²) in [5.74, 6) is -0.287. The molecule has 1 amide bonds. The van der Waals surface area contributed by atoms with Crippen LogP contribution in [0.2, 0.25) is 0 Å². The first-order valence-corrected chi connectivity index (χ1v) is 6.47. The molecule has 0 spiro atoms. The first-order chi connectivity index (χ1) is 9.44. The van der Waals surface area contributed by atoms with Crippen molar-refractivity contribution in [3.05, 3.63) is 51.2 Å². The third-order valence-electron chi connectivity index (χ3n) is 2.87. The summed E-state index contributed by atoms with van der Waals surface area (Å²) in [5.41, 5.74) is 2.65. The Hall–Kier alpha value is -2.37. The van der Waals surface area contributed by atoms with Gasteiger partial charge in [-0.1, -0.05) is 0 Å². The number of nitrogens with one attached hydrogen (secondary N) is 3. The number of aromatic amines is 2. The molecule has 2 rings (SSSR count). The van der Waals surface area contributed by atoms with Crippen molar-refractivity contribution in [2.75, 3.05) is 0 Å². The predicted molar refractivity (Wildman–Crippen MR) is 75.8 cm³/mol. The summed E-state index contributed by atoms with van der Waals surface area (Å²) in [6, 6.07) is 4.62. The molecule has 2 heterocycles. The van der Waals surface area contributed by atoms with Gasteiger partial charge in [0.05, 0.1) is 5.69 Å². The van der Waals surface area contributed by atoms with Crippen LogP contribution < -0.4 is 10.7 Å². The highest BCUT2D eigenvalue weighted by atomic mass is 16.2. The molecule has 3 N–H and O–H groups in total. The summed E-state index contributed by atoms with van der Waals surface area (Å²) >= 11 is 0. The molecule has 2 aromatic heterocycles. The first-order valence-electron chi connectivity index (χ1n) is 6.47. The van der Waals surface area contributed by atoms with Crippen LogP contribution in [0.4, 0.5) is 0 Å². The Morgan fingerprint density at radius 2 is 2.05 bits per heavy atom. The highest BCUT2D eigenvalue weighted by Gasteiger charge is 2.12. The van der Waals surface area contributed by atoms with E-state index in [1.165, 1.54) is 12.1 Å². The number of hydrogen-bond acceptors (Lipinski definition) is 3. The van der Waals surface area contributed by atoms with E-state index in [0.29, 0.717) is 12.1 Å². The first kappa shape index (κ1) is 14.0.